The third-order valence-electron chi connectivity index (χ3n) is 3.82. The molecule has 2 heterocycles. The number of benzene rings is 1. The van der Waals surface area contributed by atoms with Crippen LogP contribution < -0.4 is 4.90 Å². The van der Waals surface area contributed by atoms with Gasteiger partial charge in [-0.15, -0.1) is 0 Å². The minimum Gasteiger partial charge on any atom is -0.465 e. The molecular formula is C16H14N4O4. The van der Waals surface area contributed by atoms with Crippen LogP contribution in [0.5, 0.6) is 0 Å². The van der Waals surface area contributed by atoms with Crippen molar-refractivity contribution >= 4 is 23.1 Å². The maximum absolute atomic E-state index is 11.8. The smallest absolute Gasteiger partial charge is 0.412 e. The monoisotopic (exact) mass is 326 g/mol. The summed E-state index contributed by atoms with van der Waals surface area (Å²) in [6.45, 7) is 1.75. The Hall–Kier alpha value is -3.42. The second-order valence-electron chi connectivity index (χ2n) is 5.21. The van der Waals surface area contributed by atoms with Crippen molar-refractivity contribution in [3.63, 3.8) is 0 Å². The summed E-state index contributed by atoms with van der Waals surface area (Å²) in [4.78, 5) is 27.4. The van der Waals surface area contributed by atoms with Crippen LogP contribution in [0.2, 0.25) is 0 Å². The highest BCUT2D eigenvalue weighted by molar-refractivity contribution is 5.87. The quantitative estimate of drug-likeness (QED) is 0.584. The first-order valence-corrected chi connectivity index (χ1v) is 7.17. The Balaban J connectivity index is 2.03. The molecule has 2 aromatic heterocycles. The molecule has 1 N–H and O–H groups in total. The van der Waals surface area contributed by atoms with E-state index in [-0.39, 0.29) is 5.69 Å². The summed E-state index contributed by atoms with van der Waals surface area (Å²) in [5.41, 5.74) is 1.73. The van der Waals surface area contributed by atoms with Crippen LogP contribution >= 0.6 is 0 Å². The number of rotatable bonds is 4. The lowest BCUT2D eigenvalue weighted by molar-refractivity contribution is -0.384. The number of anilines is 1. The Morgan fingerprint density at radius 2 is 2.00 bits per heavy atom. The van der Waals surface area contributed by atoms with Crippen LogP contribution in [0.4, 0.5) is 16.2 Å². The molecule has 1 atom stereocenters. The van der Waals surface area contributed by atoms with Crippen LogP contribution in [-0.2, 0) is 0 Å². The third kappa shape index (κ3) is 2.65. The van der Waals surface area contributed by atoms with Crippen LogP contribution in [0.3, 0.4) is 0 Å². The minimum atomic E-state index is -1.14. The van der Waals surface area contributed by atoms with Crippen molar-refractivity contribution in [2.24, 2.45) is 0 Å². The molecule has 0 saturated heterocycles. The summed E-state index contributed by atoms with van der Waals surface area (Å²) in [6.07, 6.45) is 2.26. The number of hydrogen-bond donors (Lipinski definition) is 1. The molecule has 0 aliphatic carbocycles. The predicted octanol–water partition coefficient (Wildman–Crippen LogP) is 3.49. The van der Waals surface area contributed by atoms with Crippen LogP contribution in [0, 0.1) is 10.1 Å². The number of carbonyl (C=O) groups is 1. The first-order chi connectivity index (χ1) is 11.5. The topological polar surface area (TPSA) is 101 Å². The Bertz CT molecular complexity index is 904. The highest BCUT2D eigenvalue weighted by atomic mass is 16.6. The van der Waals surface area contributed by atoms with Crippen LogP contribution in [0.15, 0.2) is 54.9 Å². The molecule has 3 rings (SSSR count). The number of amides is 1. The first-order valence-electron chi connectivity index (χ1n) is 7.17. The molecule has 0 fully saturated rings. The summed E-state index contributed by atoms with van der Waals surface area (Å²) in [6, 6.07) is 10.4. The van der Waals surface area contributed by atoms with E-state index in [9.17, 15) is 20.0 Å². The van der Waals surface area contributed by atoms with Crippen molar-refractivity contribution < 1.29 is 14.8 Å². The summed E-state index contributed by atoms with van der Waals surface area (Å²) in [5, 5.41) is 20.4. The van der Waals surface area contributed by atoms with Crippen molar-refractivity contribution in [2.75, 3.05) is 4.90 Å². The molecule has 0 spiro atoms. The second-order valence-corrected chi connectivity index (χ2v) is 5.21. The standard InChI is InChI=1S/C16H14N4O4/c1-11(14-3-2-4-15-17-9-10-18(14)15)19(16(21)22)12-5-7-13(8-6-12)20(23)24/h2-11H,1H3,(H,21,22). The maximum Gasteiger partial charge on any atom is 0.412 e. The molecule has 1 aromatic carbocycles. The first kappa shape index (κ1) is 15.5. The number of fused-ring (bicyclic) bond motifs is 1. The van der Waals surface area contributed by atoms with E-state index >= 15 is 0 Å². The summed E-state index contributed by atoms with van der Waals surface area (Å²) >= 11 is 0. The van der Waals surface area contributed by atoms with Gasteiger partial charge in [-0.25, -0.2) is 9.78 Å². The molecular weight excluding hydrogens is 312 g/mol. The third-order valence-corrected chi connectivity index (χ3v) is 3.82. The number of hydrogen-bond acceptors (Lipinski definition) is 4. The number of imidazole rings is 1. The molecule has 0 bridgehead atoms. The van der Waals surface area contributed by atoms with Crippen molar-refractivity contribution in [2.45, 2.75) is 13.0 Å². The van der Waals surface area contributed by atoms with E-state index in [2.05, 4.69) is 4.98 Å². The van der Waals surface area contributed by atoms with E-state index in [4.69, 9.17) is 0 Å². The van der Waals surface area contributed by atoms with Crippen LogP contribution in [0.1, 0.15) is 18.7 Å². The van der Waals surface area contributed by atoms with Crippen LogP contribution in [0.25, 0.3) is 5.65 Å². The largest absolute Gasteiger partial charge is 0.465 e. The second kappa shape index (κ2) is 5.99. The van der Waals surface area contributed by atoms with Gasteiger partial charge in [-0.1, -0.05) is 6.07 Å². The van der Waals surface area contributed by atoms with E-state index < -0.39 is 17.1 Å². The number of nitro groups is 1. The average molecular weight is 326 g/mol. The lowest BCUT2D eigenvalue weighted by atomic mass is 10.1. The van der Waals surface area contributed by atoms with Gasteiger partial charge in [-0.05, 0) is 31.2 Å². The molecule has 0 saturated carbocycles. The van der Waals surface area contributed by atoms with E-state index in [0.717, 1.165) is 5.69 Å². The van der Waals surface area contributed by atoms with Gasteiger partial charge in [0, 0.05) is 35.9 Å². The number of non-ortho nitro benzene ring substituents is 1. The van der Waals surface area contributed by atoms with Crippen molar-refractivity contribution in [3.05, 3.63) is 70.7 Å². The fourth-order valence-corrected chi connectivity index (χ4v) is 2.68. The maximum atomic E-state index is 11.8. The van der Waals surface area contributed by atoms with Gasteiger partial charge >= 0.3 is 6.09 Å². The fraction of sp³-hybridized carbons (Fsp3) is 0.125. The predicted molar refractivity (Wildman–Crippen MR) is 87.2 cm³/mol. The van der Waals surface area contributed by atoms with Gasteiger partial charge in [-0.2, -0.15) is 0 Å². The SMILES string of the molecule is CC(c1cccc2nccn12)N(C(=O)O)c1ccc([N+](=O)[O-])cc1. The summed E-state index contributed by atoms with van der Waals surface area (Å²) in [7, 11) is 0. The average Bonchev–Trinajstić information content (AvgIpc) is 3.03. The zero-order valence-electron chi connectivity index (χ0n) is 12.7. The van der Waals surface area contributed by atoms with E-state index in [0.29, 0.717) is 11.3 Å². The summed E-state index contributed by atoms with van der Waals surface area (Å²) < 4.78 is 1.81. The molecule has 0 aliphatic heterocycles. The van der Waals surface area contributed by atoms with Gasteiger partial charge in [0.25, 0.3) is 5.69 Å². The molecule has 1 unspecified atom stereocenters. The highest BCUT2D eigenvalue weighted by Crippen LogP contribution is 2.29. The normalized spacial score (nSPS) is 12.0. The van der Waals surface area contributed by atoms with Gasteiger partial charge in [0.1, 0.15) is 5.65 Å². The Labute approximate surface area is 136 Å². The highest BCUT2D eigenvalue weighted by Gasteiger charge is 2.25. The lowest BCUT2D eigenvalue weighted by Gasteiger charge is -2.27. The Morgan fingerprint density at radius 3 is 2.62 bits per heavy atom. The van der Waals surface area contributed by atoms with Gasteiger partial charge in [0.05, 0.1) is 11.0 Å². The van der Waals surface area contributed by atoms with Crippen molar-refractivity contribution in [1.29, 1.82) is 0 Å². The van der Waals surface area contributed by atoms with Gasteiger partial charge in [0.2, 0.25) is 0 Å². The zero-order chi connectivity index (χ0) is 17.3. The van der Waals surface area contributed by atoms with Gasteiger partial charge in [-0.3, -0.25) is 15.0 Å². The number of aromatic nitrogens is 2. The number of nitrogens with zero attached hydrogens (tertiary/aromatic N) is 4. The number of nitro benzene ring substituents is 1. The molecule has 8 nitrogen and oxygen atoms in total. The molecule has 122 valence electrons. The molecule has 1 amide bonds. The molecule has 8 heteroatoms. The van der Waals surface area contributed by atoms with Gasteiger partial charge in [0.15, 0.2) is 0 Å². The number of carboxylic acid groups (broad SMARTS) is 1. The zero-order valence-corrected chi connectivity index (χ0v) is 12.7. The minimum absolute atomic E-state index is 0.0894. The molecule has 0 radical (unpaired) electrons. The molecule has 3 aromatic rings. The lowest BCUT2D eigenvalue weighted by Crippen LogP contribution is -2.33. The Kier molecular flexibility index (Phi) is 3.87. The van der Waals surface area contributed by atoms with Gasteiger partial charge < -0.3 is 9.51 Å². The molecule has 24 heavy (non-hydrogen) atoms. The van der Waals surface area contributed by atoms with E-state index in [1.807, 2.05) is 22.6 Å². The van der Waals surface area contributed by atoms with Crippen molar-refractivity contribution in [3.8, 4) is 0 Å². The summed E-state index contributed by atoms with van der Waals surface area (Å²) in [5.74, 6) is 0. The Morgan fingerprint density at radius 1 is 1.29 bits per heavy atom. The van der Waals surface area contributed by atoms with Crippen molar-refractivity contribution in [1.82, 2.24) is 9.38 Å². The fourth-order valence-electron chi connectivity index (χ4n) is 2.68. The molecule has 0 aliphatic rings. The van der Waals surface area contributed by atoms with E-state index in [1.165, 1.54) is 29.2 Å². The van der Waals surface area contributed by atoms with Crippen LogP contribution in [-0.4, -0.2) is 25.5 Å². The van der Waals surface area contributed by atoms with E-state index in [1.54, 1.807) is 19.3 Å². The number of pyridine rings is 1.